The first-order valence-corrected chi connectivity index (χ1v) is 6.82. The minimum Gasteiger partial charge on any atom is -0.355 e. The Balaban J connectivity index is 2.00. The summed E-state index contributed by atoms with van der Waals surface area (Å²) in [7, 11) is 0. The smallest absolute Gasteiger partial charge is 0.147 e. The van der Waals surface area contributed by atoms with Crippen LogP contribution in [0.3, 0.4) is 0 Å². The molecule has 94 valence electrons. The third kappa shape index (κ3) is 2.89. The summed E-state index contributed by atoms with van der Waals surface area (Å²) in [5, 5.41) is 0. The van der Waals surface area contributed by atoms with Gasteiger partial charge >= 0.3 is 0 Å². The van der Waals surface area contributed by atoms with Crippen molar-refractivity contribution in [2.75, 3.05) is 18.0 Å². The summed E-state index contributed by atoms with van der Waals surface area (Å²) in [6.07, 6.45) is 7.35. The molecule has 1 aromatic heterocycles. The molecule has 3 nitrogen and oxygen atoms in total. The minimum absolute atomic E-state index is 0.432. The maximum absolute atomic E-state index is 5.71. The third-order valence-corrected chi connectivity index (χ3v) is 4.25. The molecule has 1 fully saturated rings. The summed E-state index contributed by atoms with van der Waals surface area (Å²) in [6, 6.07) is 0. The molecule has 2 rings (SSSR count). The third-order valence-electron chi connectivity index (χ3n) is 3.98. The predicted octanol–water partition coefficient (Wildman–Crippen LogP) is 3.23. The highest BCUT2D eigenvalue weighted by Gasteiger charge is 2.28. The summed E-state index contributed by atoms with van der Waals surface area (Å²) < 4.78 is 0. The number of hydrogen-bond acceptors (Lipinski definition) is 3. The first kappa shape index (κ1) is 12.6. The van der Waals surface area contributed by atoms with Gasteiger partial charge in [0.15, 0.2) is 0 Å². The molecule has 0 aromatic carbocycles. The Morgan fingerprint density at radius 2 is 2.00 bits per heavy atom. The first-order chi connectivity index (χ1) is 8.17. The lowest BCUT2D eigenvalue weighted by Gasteiger charge is -2.39. The topological polar surface area (TPSA) is 29.0 Å². The quantitative estimate of drug-likeness (QED) is 0.775. The zero-order valence-electron chi connectivity index (χ0n) is 10.6. The van der Waals surface area contributed by atoms with Crippen LogP contribution >= 0.6 is 11.6 Å². The zero-order chi connectivity index (χ0) is 12.3. The number of alkyl halides is 1. The van der Waals surface area contributed by atoms with E-state index >= 15 is 0 Å². The number of rotatable bonds is 3. The normalized spacial score (nSPS) is 19.4. The van der Waals surface area contributed by atoms with Crippen molar-refractivity contribution in [3.8, 4) is 0 Å². The predicted molar refractivity (Wildman–Crippen MR) is 71.4 cm³/mol. The Morgan fingerprint density at radius 1 is 1.29 bits per heavy atom. The molecule has 0 atom stereocenters. The van der Waals surface area contributed by atoms with Gasteiger partial charge in [-0.05, 0) is 18.3 Å². The van der Waals surface area contributed by atoms with Crippen LogP contribution < -0.4 is 4.90 Å². The number of anilines is 1. The van der Waals surface area contributed by atoms with E-state index in [0.29, 0.717) is 11.3 Å². The number of hydrogen-bond donors (Lipinski definition) is 0. The molecule has 1 saturated heterocycles. The van der Waals surface area contributed by atoms with E-state index in [9.17, 15) is 0 Å². The summed E-state index contributed by atoms with van der Waals surface area (Å²) >= 11 is 5.71. The fourth-order valence-corrected chi connectivity index (χ4v) is 2.35. The second-order valence-corrected chi connectivity index (χ2v) is 5.42. The van der Waals surface area contributed by atoms with Crippen molar-refractivity contribution in [2.45, 2.75) is 39.0 Å². The van der Waals surface area contributed by atoms with Gasteiger partial charge in [0.25, 0.3) is 0 Å². The fraction of sp³-hybridized carbons (Fsp3) is 0.692. The van der Waals surface area contributed by atoms with E-state index in [0.717, 1.165) is 24.6 Å². The summed E-state index contributed by atoms with van der Waals surface area (Å²) in [4.78, 5) is 11.0. The summed E-state index contributed by atoms with van der Waals surface area (Å²) in [5.41, 5.74) is 1.35. The van der Waals surface area contributed by atoms with Crippen LogP contribution in [0.4, 0.5) is 5.82 Å². The first-order valence-electron chi connectivity index (χ1n) is 6.29. The lowest BCUT2D eigenvalue weighted by atomic mass is 9.78. The molecule has 0 N–H and O–H groups in total. The molecule has 0 unspecified atom stereocenters. The van der Waals surface area contributed by atoms with Crippen LogP contribution in [0, 0.1) is 5.41 Å². The summed E-state index contributed by atoms with van der Waals surface area (Å²) in [5.74, 6) is 1.42. The van der Waals surface area contributed by atoms with Crippen LogP contribution in [0.25, 0.3) is 0 Å². The maximum atomic E-state index is 5.71. The van der Waals surface area contributed by atoms with E-state index in [1.165, 1.54) is 19.3 Å². The molecule has 0 radical (unpaired) electrons. The Bertz CT molecular complexity index is 355. The average Bonchev–Trinajstić information content (AvgIpc) is 2.40. The Morgan fingerprint density at radius 3 is 2.47 bits per heavy atom. The monoisotopic (exact) mass is 253 g/mol. The second-order valence-electron chi connectivity index (χ2n) is 5.15. The Labute approximate surface area is 108 Å². The van der Waals surface area contributed by atoms with E-state index in [1.54, 1.807) is 6.20 Å². The van der Waals surface area contributed by atoms with E-state index in [1.807, 2.05) is 6.20 Å². The van der Waals surface area contributed by atoms with Crippen LogP contribution in [0.5, 0.6) is 0 Å². The SMILES string of the molecule is CCC1(C)CCN(c2cnc(CCl)cn2)CC1. The molecule has 1 aromatic rings. The van der Waals surface area contributed by atoms with Crippen LogP contribution in [0.1, 0.15) is 38.8 Å². The van der Waals surface area contributed by atoms with E-state index in [4.69, 9.17) is 11.6 Å². The molecule has 0 bridgehead atoms. The lowest BCUT2D eigenvalue weighted by Crippen LogP contribution is -2.38. The molecular formula is C13H20ClN3. The zero-order valence-corrected chi connectivity index (χ0v) is 11.4. The number of piperidine rings is 1. The minimum atomic E-state index is 0.432. The van der Waals surface area contributed by atoms with E-state index in [2.05, 4.69) is 28.7 Å². The number of aromatic nitrogens is 2. The molecular weight excluding hydrogens is 234 g/mol. The molecule has 17 heavy (non-hydrogen) atoms. The van der Waals surface area contributed by atoms with Gasteiger partial charge in [-0.15, -0.1) is 11.6 Å². The maximum Gasteiger partial charge on any atom is 0.147 e. The van der Waals surface area contributed by atoms with Crippen LogP contribution in [-0.2, 0) is 5.88 Å². The van der Waals surface area contributed by atoms with Gasteiger partial charge in [0.1, 0.15) is 5.82 Å². The van der Waals surface area contributed by atoms with Gasteiger partial charge < -0.3 is 4.90 Å². The molecule has 0 saturated carbocycles. The molecule has 2 heterocycles. The highest BCUT2D eigenvalue weighted by atomic mass is 35.5. The van der Waals surface area contributed by atoms with Gasteiger partial charge in [-0.25, -0.2) is 4.98 Å². The Hall–Kier alpha value is -0.830. The van der Waals surface area contributed by atoms with Crippen LogP contribution in [-0.4, -0.2) is 23.1 Å². The van der Waals surface area contributed by atoms with Gasteiger partial charge in [0.05, 0.1) is 24.0 Å². The van der Waals surface area contributed by atoms with Crippen molar-refractivity contribution >= 4 is 17.4 Å². The molecule has 4 heteroatoms. The van der Waals surface area contributed by atoms with Crippen LogP contribution in [0.15, 0.2) is 12.4 Å². The van der Waals surface area contributed by atoms with Gasteiger partial charge in [-0.2, -0.15) is 0 Å². The molecule has 1 aliphatic heterocycles. The van der Waals surface area contributed by atoms with Crippen molar-refractivity contribution in [3.63, 3.8) is 0 Å². The second kappa shape index (κ2) is 5.21. The molecule has 1 aliphatic rings. The van der Waals surface area contributed by atoms with E-state index in [-0.39, 0.29) is 0 Å². The number of nitrogens with zero attached hydrogens (tertiary/aromatic N) is 3. The highest BCUT2D eigenvalue weighted by Crippen LogP contribution is 2.34. The van der Waals surface area contributed by atoms with Crippen molar-refractivity contribution in [1.82, 2.24) is 9.97 Å². The Kier molecular flexibility index (Phi) is 3.87. The molecule has 0 amide bonds. The molecule has 0 aliphatic carbocycles. The standard InChI is InChI=1S/C13H20ClN3/c1-3-13(2)4-6-17(7-5-13)12-10-15-11(8-14)9-16-12/h9-10H,3-8H2,1-2H3. The highest BCUT2D eigenvalue weighted by molar-refractivity contribution is 6.16. The van der Waals surface area contributed by atoms with Gasteiger partial charge in [-0.3, -0.25) is 4.98 Å². The molecule has 0 spiro atoms. The van der Waals surface area contributed by atoms with Gasteiger partial charge in [-0.1, -0.05) is 20.3 Å². The van der Waals surface area contributed by atoms with Crippen molar-refractivity contribution in [2.24, 2.45) is 5.41 Å². The van der Waals surface area contributed by atoms with Gasteiger partial charge in [0, 0.05) is 13.1 Å². The fourth-order valence-electron chi connectivity index (χ4n) is 2.21. The van der Waals surface area contributed by atoms with Crippen molar-refractivity contribution in [1.29, 1.82) is 0 Å². The van der Waals surface area contributed by atoms with Crippen molar-refractivity contribution in [3.05, 3.63) is 18.1 Å². The lowest BCUT2D eigenvalue weighted by molar-refractivity contribution is 0.237. The van der Waals surface area contributed by atoms with Crippen molar-refractivity contribution < 1.29 is 0 Å². The average molecular weight is 254 g/mol. The largest absolute Gasteiger partial charge is 0.355 e. The summed E-state index contributed by atoms with van der Waals surface area (Å²) in [6.45, 7) is 6.83. The number of halogens is 1. The van der Waals surface area contributed by atoms with E-state index < -0.39 is 0 Å². The van der Waals surface area contributed by atoms with Crippen LogP contribution in [0.2, 0.25) is 0 Å². The van der Waals surface area contributed by atoms with Gasteiger partial charge in [0.2, 0.25) is 0 Å².